The van der Waals surface area contributed by atoms with Gasteiger partial charge in [-0.3, -0.25) is 0 Å². The summed E-state index contributed by atoms with van der Waals surface area (Å²) in [6.07, 6.45) is -0.112. The highest BCUT2D eigenvalue weighted by Gasteiger charge is 2.02. The molecule has 0 saturated heterocycles. The lowest BCUT2D eigenvalue weighted by Crippen LogP contribution is -2.15. The largest absolute Gasteiger partial charge is 0.508 e. The van der Waals surface area contributed by atoms with E-state index in [0.29, 0.717) is 0 Å². The SMILES string of the molecule is C.C.C=CCOC(=O)OCCOCCOC(=O)OC. The van der Waals surface area contributed by atoms with Crippen molar-refractivity contribution < 1.29 is 33.3 Å². The van der Waals surface area contributed by atoms with E-state index in [4.69, 9.17) is 4.74 Å². The zero-order valence-electron chi connectivity index (χ0n) is 9.68. The maximum absolute atomic E-state index is 10.8. The van der Waals surface area contributed by atoms with E-state index >= 15 is 0 Å². The van der Waals surface area contributed by atoms with Gasteiger partial charge in [0.05, 0.1) is 20.3 Å². The Morgan fingerprint density at radius 2 is 1.47 bits per heavy atom. The van der Waals surface area contributed by atoms with Gasteiger partial charge in [0.1, 0.15) is 19.8 Å². The van der Waals surface area contributed by atoms with Gasteiger partial charge < -0.3 is 23.7 Å². The van der Waals surface area contributed by atoms with Crippen LogP contribution in [0.4, 0.5) is 9.59 Å². The molecule has 0 aromatic heterocycles. The van der Waals surface area contributed by atoms with Gasteiger partial charge in [0.2, 0.25) is 0 Å². The van der Waals surface area contributed by atoms with Gasteiger partial charge in [0, 0.05) is 0 Å². The molecule has 0 aliphatic heterocycles. The van der Waals surface area contributed by atoms with E-state index in [1.165, 1.54) is 13.2 Å². The van der Waals surface area contributed by atoms with Crippen LogP contribution in [0.2, 0.25) is 0 Å². The zero-order valence-corrected chi connectivity index (χ0v) is 9.68. The predicted octanol–water partition coefficient (Wildman–Crippen LogP) is 2.40. The highest BCUT2D eigenvalue weighted by Crippen LogP contribution is 1.87. The first kappa shape index (κ1) is 22.4. The quantitative estimate of drug-likeness (QED) is 0.383. The Balaban J connectivity index is -0.00000128. The van der Waals surface area contributed by atoms with Crippen LogP contribution in [0, 0.1) is 0 Å². The molecule has 0 spiro atoms. The Morgan fingerprint density at radius 3 is 1.95 bits per heavy atom. The summed E-state index contributed by atoms with van der Waals surface area (Å²) in [5.74, 6) is 0. The van der Waals surface area contributed by atoms with Crippen LogP contribution in [0.25, 0.3) is 0 Å². The van der Waals surface area contributed by atoms with Gasteiger partial charge in [-0.25, -0.2) is 9.59 Å². The number of hydrogen-bond acceptors (Lipinski definition) is 7. The molecule has 0 radical (unpaired) electrons. The molecule has 0 rings (SSSR count). The first-order chi connectivity index (χ1) is 8.20. The van der Waals surface area contributed by atoms with Crippen molar-refractivity contribution in [2.24, 2.45) is 0 Å². The number of ether oxygens (including phenoxy) is 5. The van der Waals surface area contributed by atoms with Gasteiger partial charge >= 0.3 is 12.3 Å². The Labute approximate surface area is 114 Å². The Kier molecular flexibility index (Phi) is 19.2. The average molecular weight is 280 g/mol. The van der Waals surface area contributed by atoms with Crippen LogP contribution in [0.1, 0.15) is 14.9 Å². The molecule has 19 heavy (non-hydrogen) atoms. The molecule has 0 unspecified atom stereocenters. The number of methoxy groups -OCH3 is 1. The maximum atomic E-state index is 10.8. The van der Waals surface area contributed by atoms with Crippen LogP contribution in [0.15, 0.2) is 12.7 Å². The number of carbonyl (C=O) groups excluding carboxylic acids is 2. The third kappa shape index (κ3) is 16.2. The summed E-state index contributed by atoms with van der Waals surface area (Å²) in [6, 6.07) is 0. The minimum atomic E-state index is -0.778. The molecule has 0 aliphatic rings. The van der Waals surface area contributed by atoms with Crippen LogP contribution in [0.5, 0.6) is 0 Å². The smallest absolute Gasteiger partial charge is 0.438 e. The molecule has 7 heteroatoms. The van der Waals surface area contributed by atoms with Crippen molar-refractivity contribution in [1.82, 2.24) is 0 Å². The Hall–Kier alpha value is -1.76. The number of hydrogen-bond donors (Lipinski definition) is 0. The number of rotatable bonds is 8. The lowest BCUT2D eigenvalue weighted by atomic mass is 10.7. The molecular formula is C12H24O7. The summed E-state index contributed by atoms with van der Waals surface area (Å²) in [4.78, 5) is 21.3. The van der Waals surface area contributed by atoms with Gasteiger partial charge in [-0.1, -0.05) is 27.5 Å². The Morgan fingerprint density at radius 1 is 0.947 bits per heavy atom. The third-order valence-electron chi connectivity index (χ3n) is 1.38. The van der Waals surface area contributed by atoms with Crippen LogP contribution in [0.3, 0.4) is 0 Å². The molecule has 0 aromatic rings. The first-order valence-electron chi connectivity index (χ1n) is 4.89. The average Bonchev–Trinajstić information content (AvgIpc) is 2.34. The van der Waals surface area contributed by atoms with E-state index in [9.17, 15) is 9.59 Å². The summed E-state index contributed by atoms with van der Waals surface area (Å²) in [5, 5.41) is 0. The fourth-order valence-electron chi connectivity index (χ4n) is 0.697. The van der Waals surface area contributed by atoms with E-state index in [2.05, 4.69) is 25.5 Å². The molecular weight excluding hydrogens is 256 g/mol. The zero-order chi connectivity index (χ0) is 12.9. The van der Waals surface area contributed by atoms with Crippen LogP contribution >= 0.6 is 0 Å². The standard InChI is InChI=1S/C10H16O7.2CH4/c1-3-4-15-10(12)17-8-6-14-5-7-16-9(11)13-2;;/h3H,1,4-8H2,2H3;2*1H4. The lowest BCUT2D eigenvalue weighted by Gasteiger charge is -2.06. The third-order valence-corrected chi connectivity index (χ3v) is 1.38. The monoisotopic (exact) mass is 280 g/mol. The lowest BCUT2D eigenvalue weighted by molar-refractivity contribution is 0.0121. The molecule has 7 nitrogen and oxygen atoms in total. The fourth-order valence-corrected chi connectivity index (χ4v) is 0.697. The van der Waals surface area contributed by atoms with Gasteiger partial charge in [-0.2, -0.15) is 0 Å². The summed E-state index contributed by atoms with van der Waals surface area (Å²) in [5.41, 5.74) is 0. The van der Waals surface area contributed by atoms with E-state index in [0.717, 1.165) is 0 Å². The molecule has 0 saturated carbocycles. The van der Waals surface area contributed by atoms with Gasteiger partial charge in [0.15, 0.2) is 0 Å². The van der Waals surface area contributed by atoms with Gasteiger partial charge in [-0.05, 0) is 0 Å². The molecule has 0 fully saturated rings. The molecule has 0 atom stereocenters. The van der Waals surface area contributed by atoms with Gasteiger partial charge in [-0.15, -0.1) is 0 Å². The van der Waals surface area contributed by atoms with Gasteiger partial charge in [0.25, 0.3) is 0 Å². The van der Waals surface area contributed by atoms with Crippen molar-refractivity contribution >= 4 is 12.3 Å². The van der Waals surface area contributed by atoms with Crippen LogP contribution in [-0.4, -0.2) is 52.5 Å². The minimum Gasteiger partial charge on any atom is -0.438 e. The summed E-state index contributed by atoms with van der Waals surface area (Å²) in [6.45, 7) is 4.00. The van der Waals surface area contributed by atoms with Crippen LogP contribution in [-0.2, 0) is 23.7 Å². The summed E-state index contributed by atoms with van der Waals surface area (Å²) < 4.78 is 22.9. The molecule has 114 valence electrons. The van der Waals surface area contributed by atoms with Crippen molar-refractivity contribution in [2.75, 3.05) is 40.1 Å². The van der Waals surface area contributed by atoms with Crippen molar-refractivity contribution in [3.63, 3.8) is 0 Å². The second kappa shape index (κ2) is 16.2. The highest BCUT2D eigenvalue weighted by molar-refractivity contribution is 5.60. The number of carbonyl (C=O) groups is 2. The summed E-state index contributed by atoms with van der Waals surface area (Å²) >= 11 is 0. The minimum absolute atomic E-state index is 0. The van der Waals surface area contributed by atoms with E-state index in [-0.39, 0.29) is 47.9 Å². The molecule has 0 amide bonds. The molecule has 0 aliphatic carbocycles. The van der Waals surface area contributed by atoms with E-state index in [1.807, 2.05) is 0 Å². The normalized spacial score (nSPS) is 8.26. The second-order valence-corrected chi connectivity index (χ2v) is 2.61. The second-order valence-electron chi connectivity index (χ2n) is 2.61. The topological polar surface area (TPSA) is 80.3 Å². The predicted molar refractivity (Wildman–Crippen MR) is 70.1 cm³/mol. The van der Waals surface area contributed by atoms with Crippen LogP contribution < -0.4 is 0 Å². The first-order valence-corrected chi connectivity index (χ1v) is 4.89. The highest BCUT2D eigenvalue weighted by atomic mass is 16.7. The summed E-state index contributed by atoms with van der Waals surface area (Å²) in [7, 11) is 1.21. The molecule has 0 N–H and O–H groups in total. The van der Waals surface area contributed by atoms with Crippen molar-refractivity contribution in [1.29, 1.82) is 0 Å². The van der Waals surface area contributed by atoms with Crippen molar-refractivity contribution in [3.05, 3.63) is 12.7 Å². The molecule has 0 aromatic carbocycles. The Bertz CT molecular complexity index is 240. The van der Waals surface area contributed by atoms with E-state index < -0.39 is 12.3 Å². The van der Waals surface area contributed by atoms with E-state index in [1.54, 1.807) is 0 Å². The molecule has 0 bridgehead atoms. The fraction of sp³-hybridized carbons (Fsp3) is 0.667. The maximum Gasteiger partial charge on any atom is 0.508 e. The van der Waals surface area contributed by atoms with Crippen molar-refractivity contribution in [2.45, 2.75) is 14.9 Å². The van der Waals surface area contributed by atoms with Crippen molar-refractivity contribution in [3.8, 4) is 0 Å². The molecule has 0 heterocycles.